The summed E-state index contributed by atoms with van der Waals surface area (Å²) >= 11 is 1.22. The molecule has 0 aliphatic heterocycles. The Morgan fingerprint density at radius 1 is 1.64 bits per heavy atom. The average Bonchev–Trinajstić information content (AvgIpc) is 2.23. The third-order valence-corrected chi connectivity index (χ3v) is 2.59. The summed E-state index contributed by atoms with van der Waals surface area (Å²) in [6.45, 7) is 0. The van der Waals surface area contributed by atoms with Crippen molar-refractivity contribution in [2.24, 2.45) is 14.1 Å². The van der Waals surface area contributed by atoms with Crippen LogP contribution in [0.3, 0.4) is 0 Å². The zero-order chi connectivity index (χ0) is 11.4. The van der Waals surface area contributed by atoms with Crippen molar-refractivity contribution in [1.29, 1.82) is 0 Å². The lowest BCUT2D eigenvalue weighted by Gasteiger charge is -2.04. The fourth-order valence-corrected chi connectivity index (χ4v) is 1.71. The van der Waals surface area contributed by atoms with E-state index < -0.39 is 0 Å². The quantitative estimate of drug-likeness (QED) is 0.503. The summed E-state index contributed by atoms with van der Waals surface area (Å²) < 4.78 is 9.02. The Kier molecular flexibility index (Phi) is 2.75. The number of terminal acetylenes is 1. The molecule has 5 heteroatoms. The summed E-state index contributed by atoms with van der Waals surface area (Å²) in [4.78, 5) is 23.4. The molecule has 1 aromatic rings. The van der Waals surface area contributed by atoms with Gasteiger partial charge in [-0.1, -0.05) is 5.92 Å². The van der Waals surface area contributed by atoms with Crippen LogP contribution in [0, 0.1) is 12.3 Å². The van der Waals surface area contributed by atoms with Crippen molar-refractivity contribution in [3.05, 3.63) is 27.0 Å². The Morgan fingerprint density at radius 3 is 3.00 bits per heavy atom. The molecule has 0 amide bonds. The molecule has 0 bridgehead atoms. The monoisotopic (exact) mass is 211 g/mol. The largest absolute Gasteiger partial charge is 0.330 e. The number of hydrogen-bond acceptors (Lipinski definition) is 3. The van der Waals surface area contributed by atoms with Gasteiger partial charge < -0.3 is 4.57 Å². The first-order valence-electron chi connectivity index (χ1n) is 4.37. The highest BCUT2D eigenvalue weighted by Gasteiger charge is 2.05. The molecule has 0 saturated heterocycles. The second kappa shape index (κ2) is 4.20. The van der Waals surface area contributed by atoms with Crippen LogP contribution in [0.5, 0.6) is 0 Å². The molecule has 0 fully saturated rings. The van der Waals surface area contributed by atoms with E-state index in [1.54, 1.807) is 7.05 Å². The molecule has 74 valence electrons. The number of nitrogens with zero attached hydrogens (tertiary/aromatic N) is 2. The lowest BCUT2D eigenvalue weighted by molar-refractivity contribution is 0.662. The van der Waals surface area contributed by atoms with Gasteiger partial charge in [0.25, 0.3) is 5.56 Å². The first kappa shape index (κ1) is 9.16. The molecule has 1 rings (SSSR count). The Hall–Kier alpha value is -1.41. The third-order valence-electron chi connectivity index (χ3n) is 1.71. The van der Waals surface area contributed by atoms with Crippen LogP contribution in [0.25, 0.3) is 0 Å². The maximum atomic E-state index is 11.6. The summed E-state index contributed by atoms with van der Waals surface area (Å²) in [6.07, 6.45) is 3.49. The van der Waals surface area contributed by atoms with E-state index in [0.29, 0.717) is 10.6 Å². The van der Waals surface area contributed by atoms with Gasteiger partial charge in [-0.2, -0.15) is 0 Å². The predicted octanol–water partition coefficient (Wildman–Crippen LogP) is -0.191. The zero-order valence-electron chi connectivity index (χ0n) is 8.90. The lowest BCUT2D eigenvalue weighted by Crippen LogP contribution is -2.37. The molecule has 0 aliphatic rings. The number of aromatic nitrogens is 2. The van der Waals surface area contributed by atoms with E-state index in [1.807, 2.05) is 6.40 Å². The molecule has 0 saturated carbocycles. The Morgan fingerprint density at radius 2 is 2.36 bits per heavy atom. The topological polar surface area (TPSA) is 44.0 Å². The molecule has 1 aromatic heterocycles. The van der Waals surface area contributed by atoms with Crippen molar-refractivity contribution in [3.8, 4) is 12.3 Å². The maximum absolute atomic E-state index is 11.6. The minimum Gasteiger partial charge on any atom is -0.302 e. The first-order valence-corrected chi connectivity index (χ1v) is 4.85. The van der Waals surface area contributed by atoms with Crippen molar-refractivity contribution in [2.75, 3.05) is 5.75 Å². The summed E-state index contributed by atoms with van der Waals surface area (Å²) in [7, 11) is 3.02. The van der Waals surface area contributed by atoms with E-state index >= 15 is 0 Å². The first-order chi connectivity index (χ1) is 7.07. The highest BCUT2D eigenvalue weighted by Crippen LogP contribution is 2.09. The van der Waals surface area contributed by atoms with Gasteiger partial charge in [0.2, 0.25) is 0 Å². The van der Waals surface area contributed by atoms with Crippen LogP contribution < -0.4 is 11.2 Å². The smallest absolute Gasteiger partial charge is 0.302 e. The number of rotatable bonds is 2. The molecule has 0 aromatic carbocycles. The molecular weight excluding hydrogens is 200 g/mol. The lowest BCUT2D eigenvalue weighted by atomic mass is 10.6. The normalized spacial score (nSPS) is 10.3. The molecule has 4 nitrogen and oxygen atoms in total. The number of aryl methyl sites for hydroxylation is 1. The fourth-order valence-electron chi connectivity index (χ4n) is 0.988. The van der Waals surface area contributed by atoms with E-state index in [1.165, 1.54) is 29.6 Å². The van der Waals surface area contributed by atoms with Gasteiger partial charge in [0.05, 0.1) is 10.6 Å². The molecule has 0 N–H and O–H groups in total. The second-order valence-corrected chi connectivity index (χ2v) is 3.73. The minimum atomic E-state index is -0.351. The summed E-state index contributed by atoms with van der Waals surface area (Å²) in [5.41, 5.74) is -0.675. The van der Waals surface area contributed by atoms with E-state index in [2.05, 4.69) is 5.92 Å². The highest BCUT2D eigenvalue weighted by atomic mass is 32.2. The van der Waals surface area contributed by atoms with Gasteiger partial charge in [-0.05, 0) is 0 Å². The molecular formula is C9H10N2O2S. The molecule has 0 radical (unpaired) electrons. The van der Waals surface area contributed by atoms with Gasteiger partial charge in [-0.3, -0.25) is 9.36 Å². The van der Waals surface area contributed by atoms with Crippen LogP contribution in [-0.2, 0) is 14.1 Å². The van der Waals surface area contributed by atoms with Crippen LogP contribution in [0.4, 0.5) is 0 Å². The van der Waals surface area contributed by atoms with E-state index in [4.69, 9.17) is 1.37 Å². The van der Waals surface area contributed by atoms with Gasteiger partial charge in [0.1, 0.15) is 1.37 Å². The molecule has 0 spiro atoms. The van der Waals surface area contributed by atoms with E-state index in [9.17, 15) is 9.59 Å². The van der Waals surface area contributed by atoms with Crippen LogP contribution in [0.1, 0.15) is 1.37 Å². The van der Waals surface area contributed by atoms with E-state index in [0.717, 1.165) is 4.57 Å². The summed E-state index contributed by atoms with van der Waals surface area (Å²) in [5.74, 6) is 2.89. The van der Waals surface area contributed by atoms with Gasteiger partial charge >= 0.3 is 5.69 Å². The summed E-state index contributed by atoms with van der Waals surface area (Å²) in [6, 6.07) is 0. The van der Waals surface area contributed by atoms with E-state index in [-0.39, 0.29) is 11.2 Å². The molecule has 0 aliphatic carbocycles. The van der Waals surface area contributed by atoms with Crippen molar-refractivity contribution in [3.63, 3.8) is 0 Å². The van der Waals surface area contributed by atoms with Gasteiger partial charge in [0, 0.05) is 20.3 Å². The second-order valence-electron chi connectivity index (χ2n) is 2.72. The Bertz CT molecular complexity index is 536. The van der Waals surface area contributed by atoms with Gasteiger partial charge in [0.15, 0.2) is 0 Å². The van der Waals surface area contributed by atoms with Crippen molar-refractivity contribution in [1.82, 2.24) is 9.13 Å². The maximum Gasteiger partial charge on any atom is 0.330 e. The van der Waals surface area contributed by atoms with Crippen molar-refractivity contribution >= 4 is 11.8 Å². The third kappa shape index (κ3) is 1.91. The predicted molar refractivity (Wildman–Crippen MR) is 56.5 cm³/mol. The number of hydrogen-bond donors (Lipinski definition) is 0. The minimum absolute atomic E-state index is 0.324. The fraction of sp³-hybridized carbons (Fsp3) is 0.333. The zero-order valence-corrected chi connectivity index (χ0v) is 8.72. The van der Waals surface area contributed by atoms with Crippen LogP contribution in [0.15, 0.2) is 20.7 Å². The molecule has 0 atom stereocenters. The molecule has 14 heavy (non-hydrogen) atoms. The van der Waals surface area contributed by atoms with Crippen LogP contribution in [-0.4, -0.2) is 14.9 Å². The van der Waals surface area contributed by atoms with Crippen molar-refractivity contribution < 1.29 is 1.37 Å². The van der Waals surface area contributed by atoms with Crippen LogP contribution in [0.2, 0.25) is 0 Å². The Labute approximate surface area is 87.0 Å². The Balaban J connectivity index is 3.14. The standard InChI is InChI=1S/C9H10N2O2S/c1-4-5-14-7-6-10(2)9(13)11(3)8(7)12/h1,6H,5H2,2-3H3/i1D. The van der Waals surface area contributed by atoms with Gasteiger partial charge in [-0.15, -0.1) is 18.2 Å². The number of thioether (sulfide) groups is 1. The summed E-state index contributed by atoms with van der Waals surface area (Å²) in [5, 5.41) is 0. The average molecular weight is 211 g/mol. The molecule has 0 unspecified atom stereocenters. The van der Waals surface area contributed by atoms with Crippen LogP contribution >= 0.6 is 11.8 Å². The van der Waals surface area contributed by atoms with Gasteiger partial charge in [-0.25, -0.2) is 4.79 Å². The van der Waals surface area contributed by atoms with Crippen molar-refractivity contribution in [2.45, 2.75) is 4.90 Å². The molecule has 1 heterocycles. The SMILES string of the molecule is [2H]C#CCSc1cn(C)c(=O)n(C)c1=O. The highest BCUT2D eigenvalue weighted by molar-refractivity contribution is 7.99.